The van der Waals surface area contributed by atoms with Crippen molar-refractivity contribution in [3.8, 4) is 0 Å². The maximum atomic E-state index is 12.2. The van der Waals surface area contributed by atoms with Crippen LogP contribution in [0.15, 0.2) is 18.2 Å². The van der Waals surface area contributed by atoms with Crippen LogP contribution in [-0.2, 0) is 12.3 Å². The minimum atomic E-state index is -0.730. The van der Waals surface area contributed by atoms with Gasteiger partial charge < -0.3 is 5.11 Å². The molecule has 70 valence electrons. The fourth-order valence-electron chi connectivity index (χ4n) is 1.41. The molecule has 1 aliphatic carbocycles. The van der Waals surface area contributed by atoms with Crippen molar-refractivity contribution in [3.05, 3.63) is 34.3 Å². The van der Waals surface area contributed by atoms with Crippen LogP contribution >= 0.6 is 11.6 Å². The number of hydrogen-bond acceptors (Lipinski definition) is 1. The van der Waals surface area contributed by atoms with E-state index in [-0.39, 0.29) is 0 Å². The first-order chi connectivity index (χ1) is 6.15. The number of halogens is 2. The van der Waals surface area contributed by atoms with Crippen molar-refractivity contribution in [2.75, 3.05) is 0 Å². The Morgan fingerprint density at radius 1 is 1.46 bits per heavy atom. The summed E-state index contributed by atoms with van der Waals surface area (Å²) in [6, 6.07) is 4.95. The van der Waals surface area contributed by atoms with Crippen LogP contribution in [0.3, 0.4) is 0 Å². The van der Waals surface area contributed by atoms with Crippen molar-refractivity contribution in [1.82, 2.24) is 0 Å². The molecule has 1 aromatic rings. The highest BCUT2D eigenvalue weighted by molar-refractivity contribution is 6.31. The molecule has 0 heterocycles. The van der Waals surface area contributed by atoms with Gasteiger partial charge in [0.2, 0.25) is 0 Å². The van der Waals surface area contributed by atoms with E-state index in [9.17, 15) is 9.50 Å². The average Bonchev–Trinajstić information content (AvgIpc) is 2.84. The summed E-state index contributed by atoms with van der Waals surface area (Å²) in [4.78, 5) is 0. The summed E-state index contributed by atoms with van der Waals surface area (Å²) in [5.74, 6) is 0. The summed E-state index contributed by atoms with van der Waals surface area (Å²) in [5.41, 5.74) is 0.552. The van der Waals surface area contributed by atoms with E-state index in [1.165, 1.54) is 0 Å². The largest absolute Gasteiger partial charge is 0.385 e. The first-order valence-electron chi connectivity index (χ1n) is 4.23. The zero-order chi connectivity index (χ0) is 9.47. The fourth-order valence-corrected chi connectivity index (χ4v) is 1.79. The lowest BCUT2D eigenvalue weighted by Crippen LogP contribution is -2.04. The highest BCUT2D eigenvalue weighted by Gasteiger charge is 2.43. The second-order valence-corrected chi connectivity index (χ2v) is 3.89. The summed E-state index contributed by atoms with van der Waals surface area (Å²) in [7, 11) is 0. The Labute approximate surface area is 81.1 Å². The van der Waals surface area contributed by atoms with E-state index in [0.717, 1.165) is 18.4 Å². The zero-order valence-electron chi connectivity index (χ0n) is 7.06. The van der Waals surface area contributed by atoms with E-state index in [1.54, 1.807) is 18.2 Å². The molecule has 1 aliphatic rings. The van der Waals surface area contributed by atoms with Crippen LogP contribution in [0.5, 0.6) is 0 Å². The molecular weight excluding hydrogens is 191 g/mol. The summed E-state index contributed by atoms with van der Waals surface area (Å²) in [6.07, 6.45) is 1.50. The SMILES string of the molecule is OC1(c2ccc(CF)cc2Cl)CC1. The van der Waals surface area contributed by atoms with Crippen molar-refractivity contribution in [3.63, 3.8) is 0 Å². The lowest BCUT2D eigenvalue weighted by Gasteiger charge is -2.10. The van der Waals surface area contributed by atoms with E-state index in [4.69, 9.17) is 11.6 Å². The van der Waals surface area contributed by atoms with Crippen molar-refractivity contribution in [2.24, 2.45) is 0 Å². The summed E-state index contributed by atoms with van der Waals surface area (Å²) in [5, 5.41) is 10.2. The molecule has 3 heteroatoms. The third-order valence-corrected chi connectivity index (χ3v) is 2.73. The molecular formula is C10H10ClFO. The van der Waals surface area contributed by atoms with E-state index in [1.807, 2.05) is 0 Å². The van der Waals surface area contributed by atoms with Gasteiger partial charge in [-0.25, -0.2) is 4.39 Å². The Kier molecular flexibility index (Phi) is 2.05. The molecule has 0 unspecified atom stereocenters. The highest BCUT2D eigenvalue weighted by Crippen LogP contribution is 2.47. The summed E-state index contributed by atoms with van der Waals surface area (Å²) < 4.78 is 12.2. The third kappa shape index (κ3) is 1.56. The minimum absolute atomic E-state index is 0.468. The molecule has 0 saturated heterocycles. The lowest BCUT2D eigenvalue weighted by atomic mass is 10.1. The number of rotatable bonds is 2. The van der Waals surface area contributed by atoms with Crippen LogP contribution in [0.2, 0.25) is 5.02 Å². The first-order valence-corrected chi connectivity index (χ1v) is 4.61. The van der Waals surface area contributed by atoms with Crippen LogP contribution < -0.4 is 0 Å². The number of alkyl halides is 1. The molecule has 0 spiro atoms. The van der Waals surface area contributed by atoms with E-state index in [2.05, 4.69) is 0 Å². The minimum Gasteiger partial charge on any atom is -0.385 e. The molecule has 1 fully saturated rings. The van der Waals surface area contributed by atoms with Gasteiger partial charge in [0, 0.05) is 10.6 Å². The normalized spacial score (nSPS) is 18.7. The van der Waals surface area contributed by atoms with Crippen LogP contribution in [0.4, 0.5) is 4.39 Å². The van der Waals surface area contributed by atoms with Crippen LogP contribution in [0.25, 0.3) is 0 Å². The lowest BCUT2D eigenvalue weighted by molar-refractivity contribution is 0.151. The van der Waals surface area contributed by atoms with E-state index in [0.29, 0.717) is 10.6 Å². The van der Waals surface area contributed by atoms with Gasteiger partial charge in [-0.3, -0.25) is 0 Å². The van der Waals surface area contributed by atoms with Crippen molar-refractivity contribution >= 4 is 11.6 Å². The molecule has 0 aromatic heterocycles. The van der Waals surface area contributed by atoms with Gasteiger partial charge in [0.15, 0.2) is 0 Å². The van der Waals surface area contributed by atoms with Gasteiger partial charge in [-0.2, -0.15) is 0 Å². The van der Waals surface area contributed by atoms with Gasteiger partial charge in [0.05, 0.1) is 5.60 Å². The Morgan fingerprint density at radius 2 is 2.15 bits per heavy atom. The number of aliphatic hydroxyl groups is 1. The molecule has 13 heavy (non-hydrogen) atoms. The zero-order valence-corrected chi connectivity index (χ0v) is 7.81. The average molecular weight is 201 g/mol. The predicted molar refractivity (Wildman–Crippen MR) is 49.4 cm³/mol. The fraction of sp³-hybridized carbons (Fsp3) is 0.400. The second kappa shape index (κ2) is 2.96. The van der Waals surface area contributed by atoms with Gasteiger partial charge >= 0.3 is 0 Å². The van der Waals surface area contributed by atoms with Gasteiger partial charge in [-0.15, -0.1) is 0 Å². The Morgan fingerprint density at radius 3 is 2.62 bits per heavy atom. The summed E-state index contributed by atoms with van der Waals surface area (Å²) >= 11 is 5.91. The molecule has 0 bridgehead atoms. The number of hydrogen-bond donors (Lipinski definition) is 1. The highest BCUT2D eigenvalue weighted by atomic mass is 35.5. The van der Waals surface area contributed by atoms with Gasteiger partial charge in [0.1, 0.15) is 6.67 Å². The maximum absolute atomic E-state index is 12.2. The summed E-state index contributed by atoms with van der Waals surface area (Å²) in [6.45, 7) is -0.515. The van der Waals surface area contributed by atoms with Gasteiger partial charge in [-0.1, -0.05) is 23.7 Å². The van der Waals surface area contributed by atoms with Crippen LogP contribution in [0, 0.1) is 0 Å². The molecule has 1 saturated carbocycles. The Hall–Kier alpha value is -0.600. The molecule has 1 aromatic carbocycles. The standard InChI is InChI=1S/C10H10ClFO/c11-9-5-7(6-12)1-2-8(9)10(13)3-4-10/h1-2,5,13H,3-4,6H2. The van der Waals surface area contributed by atoms with Crippen molar-refractivity contribution < 1.29 is 9.50 Å². The van der Waals surface area contributed by atoms with Gasteiger partial charge in [0.25, 0.3) is 0 Å². The molecule has 2 rings (SSSR count). The first kappa shape index (κ1) is 8.97. The quantitative estimate of drug-likeness (QED) is 0.779. The molecule has 0 atom stereocenters. The second-order valence-electron chi connectivity index (χ2n) is 3.48. The molecule has 1 nitrogen and oxygen atoms in total. The predicted octanol–water partition coefficient (Wildman–Crippen LogP) is 2.79. The number of benzene rings is 1. The van der Waals surface area contributed by atoms with Crippen LogP contribution in [-0.4, -0.2) is 5.11 Å². The van der Waals surface area contributed by atoms with Crippen molar-refractivity contribution in [2.45, 2.75) is 25.1 Å². The van der Waals surface area contributed by atoms with Crippen molar-refractivity contribution in [1.29, 1.82) is 0 Å². The monoisotopic (exact) mass is 200 g/mol. The topological polar surface area (TPSA) is 20.2 Å². The van der Waals surface area contributed by atoms with E-state index < -0.39 is 12.3 Å². The van der Waals surface area contributed by atoms with Gasteiger partial charge in [-0.05, 0) is 24.5 Å². The third-order valence-electron chi connectivity index (χ3n) is 2.41. The molecule has 0 aliphatic heterocycles. The Bertz CT molecular complexity index is 334. The molecule has 1 N–H and O–H groups in total. The molecule has 0 amide bonds. The molecule has 0 radical (unpaired) electrons. The Balaban J connectivity index is 2.38. The maximum Gasteiger partial charge on any atom is 0.115 e. The van der Waals surface area contributed by atoms with Crippen LogP contribution in [0.1, 0.15) is 24.0 Å². The van der Waals surface area contributed by atoms with E-state index >= 15 is 0 Å². The smallest absolute Gasteiger partial charge is 0.115 e.